The molecule has 0 bridgehead atoms. The molecule has 1 rings (SSSR count). The number of hydrogen-bond acceptors (Lipinski definition) is 2. The van der Waals surface area contributed by atoms with Crippen LogP contribution in [0.1, 0.15) is 58.4 Å². The summed E-state index contributed by atoms with van der Waals surface area (Å²) >= 11 is 0. The van der Waals surface area contributed by atoms with Crippen LogP contribution in [-0.4, -0.2) is 12.1 Å². The molecule has 2 heteroatoms. The fraction of sp³-hybridized carbons (Fsp3) is 0.625. The van der Waals surface area contributed by atoms with Crippen molar-refractivity contribution in [2.24, 2.45) is 5.73 Å². The van der Waals surface area contributed by atoms with E-state index < -0.39 is 0 Å². The van der Waals surface area contributed by atoms with Crippen LogP contribution in [0.3, 0.4) is 0 Å². The highest BCUT2D eigenvalue weighted by molar-refractivity contribution is 5.45. The number of anilines is 1. The lowest BCUT2D eigenvalue weighted by atomic mass is 9.98. The molecule has 0 saturated carbocycles. The van der Waals surface area contributed by atoms with Gasteiger partial charge in [-0.3, -0.25) is 0 Å². The summed E-state index contributed by atoms with van der Waals surface area (Å²) in [4.78, 5) is 0. The van der Waals surface area contributed by atoms with E-state index in [2.05, 4.69) is 57.3 Å². The lowest BCUT2D eigenvalue weighted by molar-refractivity contribution is 0.465. The van der Waals surface area contributed by atoms with E-state index in [0.29, 0.717) is 5.92 Å². The van der Waals surface area contributed by atoms with Crippen LogP contribution in [0, 0.1) is 0 Å². The molecule has 18 heavy (non-hydrogen) atoms. The Labute approximate surface area is 112 Å². The number of nitrogens with two attached hydrogens (primary N) is 1. The smallest absolute Gasteiger partial charge is 0.0340 e. The monoisotopic (exact) mass is 248 g/mol. The van der Waals surface area contributed by atoms with Gasteiger partial charge in [-0.15, -0.1) is 0 Å². The second kappa shape index (κ2) is 6.79. The van der Waals surface area contributed by atoms with Gasteiger partial charge in [-0.05, 0) is 56.7 Å². The van der Waals surface area contributed by atoms with Gasteiger partial charge in [0.05, 0.1) is 0 Å². The molecule has 0 radical (unpaired) electrons. The van der Waals surface area contributed by atoms with Gasteiger partial charge in [-0.1, -0.05) is 26.0 Å². The van der Waals surface area contributed by atoms with Crippen LogP contribution < -0.4 is 11.1 Å². The molecule has 0 aliphatic rings. The Balaban J connectivity index is 2.35. The molecule has 1 aromatic carbocycles. The molecule has 0 amide bonds. The first kappa shape index (κ1) is 15.0. The van der Waals surface area contributed by atoms with Crippen LogP contribution >= 0.6 is 0 Å². The first-order chi connectivity index (χ1) is 8.42. The van der Waals surface area contributed by atoms with Crippen LogP contribution in [0.25, 0.3) is 0 Å². The molecule has 1 aromatic rings. The number of benzene rings is 1. The maximum absolute atomic E-state index is 5.96. The van der Waals surface area contributed by atoms with Crippen molar-refractivity contribution in [1.82, 2.24) is 0 Å². The van der Waals surface area contributed by atoms with E-state index in [1.807, 2.05) is 0 Å². The van der Waals surface area contributed by atoms with E-state index >= 15 is 0 Å². The first-order valence-corrected chi connectivity index (χ1v) is 7.05. The normalized spacial score (nSPS) is 13.4. The van der Waals surface area contributed by atoms with Gasteiger partial charge in [-0.2, -0.15) is 0 Å². The van der Waals surface area contributed by atoms with E-state index in [-0.39, 0.29) is 5.54 Å². The Morgan fingerprint density at radius 2 is 1.83 bits per heavy atom. The van der Waals surface area contributed by atoms with Crippen LogP contribution in [-0.2, 0) is 0 Å². The standard InChI is InChI=1S/C16H28N2/c1-5-13(2)14-7-9-15(10-8-14)18-12-6-11-16(3,4)17/h7-10,13,18H,5-6,11-12,17H2,1-4H3. The van der Waals surface area contributed by atoms with E-state index in [1.54, 1.807) is 0 Å². The summed E-state index contributed by atoms with van der Waals surface area (Å²) in [6.45, 7) is 9.64. The predicted octanol–water partition coefficient (Wildman–Crippen LogP) is 4.13. The molecule has 0 aliphatic heterocycles. The summed E-state index contributed by atoms with van der Waals surface area (Å²) in [5, 5.41) is 3.45. The fourth-order valence-electron chi connectivity index (χ4n) is 1.94. The molecule has 1 unspecified atom stereocenters. The molecule has 0 saturated heterocycles. The molecule has 0 fully saturated rings. The second-order valence-electron chi connectivity index (χ2n) is 5.95. The summed E-state index contributed by atoms with van der Waals surface area (Å²) in [5.41, 5.74) is 8.53. The van der Waals surface area contributed by atoms with Gasteiger partial charge in [0.1, 0.15) is 0 Å². The predicted molar refractivity (Wildman–Crippen MR) is 81.1 cm³/mol. The van der Waals surface area contributed by atoms with Crippen molar-refractivity contribution in [2.75, 3.05) is 11.9 Å². The van der Waals surface area contributed by atoms with Crippen LogP contribution in [0.2, 0.25) is 0 Å². The van der Waals surface area contributed by atoms with Gasteiger partial charge < -0.3 is 11.1 Å². The average Bonchev–Trinajstić information content (AvgIpc) is 2.33. The van der Waals surface area contributed by atoms with Crippen molar-refractivity contribution in [3.8, 4) is 0 Å². The Morgan fingerprint density at radius 1 is 1.22 bits per heavy atom. The largest absolute Gasteiger partial charge is 0.385 e. The third kappa shape index (κ3) is 5.54. The maximum atomic E-state index is 5.96. The minimum Gasteiger partial charge on any atom is -0.385 e. The number of hydrogen-bond donors (Lipinski definition) is 2. The van der Waals surface area contributed by atoms with E-state index in [1.165, 1.54) is 17.7 Å². The summed E-state index contributed by atoms with van der Waals surface area (Å²) < 4.78 is 0. The highest BCUT2D eigenvalue weighted by atomic mass is 14.9. The number of rotatable bonds is 7. The van der Waals surface area contributed by atoms with Crippen LogP contribution in [0.4, 0.5) is 5.69 Å². The SMILES string of the molecule is CCC(C)c1ccc(NCCCC(C)(C)N)cc1. The molecule has 1 atom stereocenters. The third-order valence-corrected chi connectivity index (χ3v) is 3.42. The van der Waals surface area contributed by atoms with Crippen LogP contribution in [0.15, 0.2) is 24.3 Å². The Hall–Kier alpha value is -1.02. The molecule has 2 nitrogen and oxygen atoms in total. The van der Waals surface area contributed by atoms with E-state index in [0.717, 1.165) is 19.4 Å². The molecule has 0 heterocycles. The Kier molecular flexibility index (Phi) is 5.67. The van der Waals surface area contributed by atoms with Gasteiger partial charge in [0.2, 0.25) is 0 Å². The van der Waals surface area contributed by atoms with Gasteiger partial charge in [0.25, 0.3) is 0 Å². The fourth-order valence-corrected chi connectivity index (χ4v) is 1.94. The van der Waals surface area contributed by atoms with Crippen molar-refractivity contribution in [3.05, 3.63) is 29.8 Å². The summed E-state index contributed by atoms with van der Waals surface area (Å²) in [5.74, 6) is 0.650. The average molecular weight is 248 g/mol. The van der Waals surface area contributed by atoms with Gasteiger partial charge in [0, 0.05) is 17.8 Å². The maximum Gasteiger partial charge on any atom is 0.0340 e. The second-order valence-corrected chi connectivity index (χ2v) is 5.95. The minimum absolute atomic E-state index is 0.0535. The molecular weight excluding hydrogens is 220 g/mol. The topological polar surface area (TPSA) is 38.0 Å². The van der Waals surface area contributed by atoms with E-state index in [9.17, 15) is 0 Å². The van der Waals surface area contributed by atoms with Crippen molar-refractivity contribution < 1.29 is 0 Å². The summed E-state index contributed by atoms with van der Waals surface area (Å²) in [6.07, 6.45) is 3.35. The lowest BCUT2D eigenvalue weighted by Crippen LogP contribution is -2.32. The molecule has 102 valence electrons. The zero-order valence-electron chi connectivity index (χ0n) is 12.3. The van der Waals surface area contributed by atoms with Gasteiger partial charge in [0.15, 0.2) is 0 Å². The highest BCUT2D eigenvalue weighted by Crippen LogP contribution is 2.20. The Morgan fingerprint density at radius 3 is 2.33 bits per heavy atom. The molecule has 3 N–H and O–H groups in total. The quantitative estimate of drug-likeness (QED) is 0.712. The first-order valence-electron chi connectivity index (χ1n) is 7.05. The third-order valence-electron chi connectivity index (χ3n) is 3.42. The van der Waals surface area contributed by atoms with Crippen molar-refractivity contribution in [1.29, 1.82) is 0 Å². The molecule has 0 spiro atoms. The lowest BCUT2D eigenvalue weighted by Gasteiger charge is -2.18. The molecular formula is C16H28N2. The summed E-state index contributed by atoms with van der Waals surface area (Å²) in [7, 11) is 0. The molecule has 0 aromatic heterocycles. The van der Waals surface area contributed by atoms with Crippen molar-refractivity contribution >= 4 is 5.69 Å². The highest BCUT2D eigenvalue weighted by Gasteiger charge is 2.09. The zero-order chi connectivity index (χ0) is 13.6. The van der Waals surface area contributed by atoms with Crippen molar-refractivity contribution in [3.63, 3.8) is 0 Å². The summed E-state index contributed by atoms with van der Waals surface area (Å²) in [6, 6.07) is 8.80. The van der Waals surface area contributed by atoms with Gasteiger partial charge in [-0.25, -0.2) is 0 Å². The van der Waals surface area contributed by atoms with Crippen LogP contribution in [0.5, 0.6) is 0 Å². The van der Waals surface area contributed by atoms with Crippen molar-refractivity contribution in [2.45, 2.75) is 58.4 Å². The molecule has 0 aliphatic carbocycles. The van der Waals surface area contributed by atoms with E-state index in [4.69, 9.17) is 5.73 Å². The zero-order valence-corrected chi connectivity index (χ0v) is 12.3. The minimum atomic E-state index is -0.0535. The van der Waals surface area contributed by atoms with Gasteiger partial charge >= 0.3 is 0 Å². The number of nitrogens with one attached hydrogen (secondary N) is 1. The Bertz CT molecular complexity index is 335.